The standard InChI is InChI=1S/C12H19N3O4/c1-2-3-14-4-6-15(7-5-14)11(16)10-8-9(12(17)18)13-19-10/h10H,2-8H2,1H3,(H,17,18). The predicted molar refractivity (Wildman–Crippen MR) is 67.9 cm³/mol. The second-order valence-corrected chi connectivity index (χ2v) is 4.81. The quantitative estimate of drug-likeness (QED) is 0.762. The Kier molecular flexibility index (Phi) is 4.36. The molecule has 0 aliphatic carbocycles. The van der Waals surface area contributed by atoms with E-state index >= 15 is 0 Å². The fourth-order valence-corrected chi connectivity index (χ4v) is 2.35. The van der Waals surface area contributed by atoms with Crippen LogP contribution in [0.3, 0.4) is 0 Å². The van der Waals surface area contributed by atoms with Crippen LogP contribution in [0.2, 0.25) is 0 Å². The van der Waals surface area contributed by atoms with Crippen LogP contribution in [-0.2, 0) is 14.4 Å². The van der Waals surface area contributed by atoms with Gasteiger partial charge >= 0.3 is 5.97 Å². The summed E-state index contributed by atoms with van der Waals surface area (Å²) in [6.07, 6.45) is 0.405. The number of carbonyl (C=O) groups is 2. The molecule has 0 bridgehead atoms. The summed E-state index contributed by atoms with van der Waals surface area (Å²) in [7, 11) is 0. The molecule has 106 valence electrons. The maximum absolute atomic E-state index is 12.1. The Bertz CT molecular complexity index is 388. The van der Waals surface area contributed by atoms with Gasteiger partial charge in [0.15, 0.2) is 5.71 Å². The van der Waals surface area contributed by atoms with Crippen molar-refractivity contribution >= 4 is 17.6 Å². The molecule has 0 aromatic carbocycles. The van der Waals surface area contributed by atoms with Gasteiger partial charge in [0.05, 0.1) is 0 Å². The van der Waals surface area contributed by atoms with Crippen LogP contribution >= 0.6 is 0 Å². The van der Waals surface area contributed by atoms with Crippen LogP contribution in [0, 0.1) is 0 Å². The lowest BCUT2D eigenvalue weighted by atomic mass is 10.1. The number of nitrogens with zero attached hydrogens (tertiary/aromatic N) is 3. The minimum absolute atomic E-state index is 0.0589. The summed E-state index contributed by atoms with van der Waals surface area (Å²) in [4.78, 5) is 31.8. The highest BCUT2D eigenvalue weighted by molar-refractivity contribution is 6.36. The van der Waals surface area contributed by atoms with Crippen LogP contribution in [0.4, 0.5) is 0 Å². The van der Waals surface area contributed by atoms with Crippen LogP contribution in [-0.4, -0.2) is 71.3 Å². The Morgan fingerprint density at radius 3 is 2.58 bits per heavy atom. The van der Waals surface area contributed by atoms with Crippen molar-refractivity contribution in [3.63, 3.8) is 0 Å². The van der Waals surface area contributed by atoms with Gasteiger partial charge < -0.3 is 14.8 Å². The lowest BCUT2D eigenvalue weighted by Gasteiger charge is -2.35. The van der Waals surface area contributed by atoms with Gasteiger partial charge in [-0.2, -0.15) is 0 Å². The molecule has 2 aliphatic heterocycles. The molecule has 2 heterocycles. The molecule has 0 aromatic rings. The zero-order valence-corrected chi connectivity index (χ0v) is 11.0. The van der Waals surface area contributed by atoms with Crippen LogP contribution in [0.15, 0.2) is 5.16 Å². The molecule has 1 amide bonds. The summed E-state index contributed by atoms with van der Waals surface area (Å²) in [6, 6.07) is 0. The normalized spacial score (nSPS) is 23.9. The zero-order valence-electron chi connectivity index (χ0n) is 11.0. The van der Waals surface area contributed by atoms with Crippen molar-refractivity contribution in [2.75, 3.05) is 32.7 Å². The molecule has 1 unspecified atom stereocenters. The maximum Gasteiger partial charge on any atom is 0.353 e. The summed E-state index contributed by atoms with van der Waals surface area (Å²) < 4.78 is 0. The van der Waals surface area contributed by atoms with E-state index in [2.05, 4.69) is 17.0 Å². The highest BCUT2D eigenvalue weighted by atomic mass is 16.6. The molecular formula is C12H19N3O4. The second-order valence-electron chi connectivity index (χ2n) is 4.81. The van der Waals surface area contributed by atoms with Crippen molar-refractivity contribution in [1.82, 2.24) is 9.80 Å². The molecule has 2 rings (SSSR count). The van der Waals surface area contributed by atoms with E-state index in [1.165, 1.54) is 0 Å². The molecule has 0 spiro atoms. The van der Waals surface area contributed by atoms with Crippen LogP contribution in [0.1, 0.15) is 19.8 Å². The number of oxime groups is 1. The minimum Gasteiger partial charge on any atom is -0.477 e. The molecule has 1 N–H and O–H groups in total. The van der Waals surface area contributed by atoms with Gasteiger partial charge in [-0.1, -0.05) is 12.1 Å². The molecule has 1 atom stereocenters. The number of piperazine rings is 1. The monoisotopic (exact) mass is 269 g/mol. The van der Waals surface area contributed by atoms with Gasteiger partial charge in [-0.25, -0.2) is 4.79 Å². The lowest BCUT2D eigenvalue weighted by Crippen LogP contribution is -2.51. The molecule has 7 nitrogen and oxygen atoms in total. The third-order valence-corrected chi connectivity index (χ3v) is 3.41. The summed E-state index contributed by atoms with van der Waals surface area (Å²) >= 11 is 0. The van der Waals surface area contributed by atoms with Gasteiger partial charge in [-0.05, 0) is 13.0 Å². The molecule has 0 radical (unpaired) electrons. The van der Waals surface area contributed by atoms with E-state index in [1.807, 2.05) is 0 Å². The van der Waals surface area contributed by atoms with E-state index in [1.54, 1.807) is 4.90 Å². The average Bonchev–Trinajstić information content (AvgIpc) is 2.89. The van der Waals surface area contributed by atoms with E-state index in [0.29, 0.717) is 13.1 Å². The van der Waals surface area contributed by atoms with Gasteiger partial charge in [0.1, 0.15) is 0 Å². The van der Waals surface area contributed by atoms with Crippen LogP contribution in [0.25, 0.3) is 0 Å². The number of rotatable bonds is 4. The van der Waals surface area contributed by atoms with Crippen LogP contribution < -0.4 is 0 Å². The Hall–Kier alpha value is -1.63. The van der Waals surface area contributed by atoms with Crippen molar-refractivity contribution in [1.29, 1.82) is 0 Å². The van der Waals surface area contributed by atoms with Gasteiger partial charge in [0.25, 0.3) is 5.91 Å². The van der Waals surface area contributed by atoms with Gasteiger partial charge in [0, 0.05) is 32.6 Å². The Balaban J connectivity index is 1.81. The molecule has 7 heteroatoms. The summed E-state index contributed by atoms with van der Waals surface area (Å²) in [5.74, 6) is -1.28. The average molecular weight is 269 g/mol. The molecule has 0 saturated carbocycles. The number of amides is 1. The number of hydrogen-bond donors (Lipinski definition) is 1. The van der Waals surface area contributed by atoms with E-state index in [4.69, 9.17) is 9.94 Å². The van der Waals surface area contributed by atoms with Crippen molar-refractivity contribution in [2.45, 2.75) is 25.9 Å². The Labute approximate surface area is 111 Å². The van der Waals surface area contributed by atoms with E-state index in [-0.39, 0.29) is 18.0 Å². The second kappa shape index (κ2) is 6.01. The van der Waals surface area contributed by atoms with Gasteiger partial charge in [-0.15, -0.1) is 0 Å². The first kappa shape index (κ1) is 13.8. The Morgan fingerprint density at radius 1 is 1.37 bits per heavy atom. The zero-order chi connectivity index (χ0) is 13.8. The lowest BCUT2D eigenvalue weighted by molar-refractivity contribution is -0.143. The van der Waals surface area contributed by atoms with Crippen molar-refractivity contribution < 1.29 is 19.5 Å². The first-order valence-electron chi connectivity index (χ1n) is 6.59. The molecular weight excluding hydrogens is 250 g/mol. The topological polar surface area (TPSA) is 82.4 Å². The maximum atomic E-state index is 12.1. The van der Waals surface area contributed by atoms with Crippen LogP contribution in [0.5, 0.6) is 0 Å². The van der Waals surface area contributed by atoms with Gasteiger partial charge in [-0.3, -0.25) is 9.69 Å². The minimum atomic E-state index is -1.12. The number of carboxylic acids is 1. The summed E-state index contributed by atoms with van der Waals surface area (Å²) in [5, 5.41) is 12.2. The highest BCUT2D eigenvalue weighted by Crippen LogP contribution is 2.15. The molecule has 0 aromatic heterocycles. The fraction of sp³-hybridized carbons (Fsp3) is 0.750. The smallest absolute Gasteiger partial charge is 0.353 e. The number of aliphatic carboxylic acids is 1. The van der Waals surface area contributed by atoms with E-state index < -0.39 is 12.1 Å². The first-order valence-corrected chi connectivity index (χ1v) is 6.59. The molecule has 2 aliphatic rings. The predicted octanol–water partition coefficient (Wildman–Crippen LogP) is -0.230. The SMILES string of the molecule is CCCN1CCN(C(=O)C2CC(C(=O)O)=NO2)CC1. The van der Waals surface area contributed by atoms with E-state index in [0.717, 1.165) is 26.1 Å². The van der Waals surface area contributed by atoms with E-state index in [9.17, 15) is 9.59 Å². The number of hydrogen-bond acceptors (Lipinski definition) is 5. The van der Waals surface area contributed by atoms with Gasteiger partial charge in [0.2, 0.25) is 6.10 Å². The third kappa shape index (κ3) is 3.23. The largest absolute Gasteiger partial charge is 0.477 e. The van der Waals surface area contributed by atoms with Crippen molar-refractivity contribution in [3.05, 3.63) is 0 Å². The Morgan fingerprint density at radius 2 is 2.05 bits per heavy atom. The first-order chi connectivity index (χ1) is 9.11. The van der Waals surface area contributed by atoms with Crippen molar-refractivity contribution in [3.8, 4) is 0 Å². The molecule has 1 fully saturated rings. The van der Waals surface area contributed by atoms with Crippen molar-refractivity contribution in [2.24, 2.45) is 5.16 Å². The third-order valence-electron chi connectivity index (χ3n) is 3.41. The fourth-order valence-electron chi connectivity index (χ4n) is 2.35. The summed E-state index contributed by atoms with van der Waals surface area (Å²) in [5.41, 5.74) is -0.0806. The number of carboxylic acid groups (broad SMARTS) is 1. The molecule has 1 saturated heterocycles. The molecule has 19 heavy (non-hydrogen) atoms. The number of carbonyl (C=O) groups excluding carboxylic acids is 1. The summed E-state index contributed by atoms with van der Waals surface area (Å²) in [6.45, 7) is 6.24. The highest BCUT2D eigenvalue weighted by Gasteiger charge is 2.35.